The molecule has 140 valence electrons. The van der Waals surface area contributed by atoms with Crippen molar-refractivity contribution in [3.63, 3.8) is 0 Å². The van der Waals surface area contributed by atoms with Gasteiger partial charge in [0.2, 0.25) is 15.9 Å². The van der Waals surface area contributed by atoms with Crippen LogP contribution in [0.2, 0.25) is 5.02 Å². The first-order valence-corrected chi connectivity index (χ1v) is 10.2. The summed E-state index contributed by atoms with van der Waals surface area (Å²) in [5.74, 6) is -0.864. The number of nitrogens with zero attached hydrogens (tertiary/aromatic N) is 1. The molecule has 2 aromatic carbocycles. The molecule has 8 heteroatoms. The Hall–Kier alpha value is -2.12. The van der Waals surface area contributed by atoms with E-state index < -0.39 is 15.8 Å². The van der Waals surface area contributed by atoms with Gasteiger partial charge in [-0.05, 0) is 43.7 Å². The minimum absolute atomic E-state index is 0.0783. The van der Waals surface area contributed by atoms with Crippen LogP contribution in [0.25, 0.3) is 0 Å². The summed E-state index contributed by atoms with van der Waals surface area (Å²) in [4.78, 5) is 12.0. The van der Waals surface area contributed by atoms with Gasteiger partial charge in [0.1, 0.15) is 5.82 Å². The number of anilines is 2. The Morgan fingerprint density at radius 1 is 1.19 bits per heavy atom. The van der Waals surface area contributed by atoms with Gasteiger partial charge in [-0.15, -0.1) is 0 Å². The molecule has 2 aromatic rings. The first-order valence-electron chi connectivity index (χ1n) is 7.96. The number of nitrogens with one attached hydrogen (secondary N) is 1. The van der Waals surface area contributed by atoms with Crippen LogP contribution in [-0.4, -0.2) is 27.1 Å². The molecule has 5 nitrogen and oxygen atoms in total. The topological polar surface area (TPSA) is 66.5 Å². The van der Waals surface area contributed by atoms with Crippen LogP contribution < -0.4 is 9.62 Å². The lowest BCUT2D eigenvalue weighted by atomic mass is 10.2. The second kappa shape index (κ2) is 8.51. The molecule has 0 unspecified atom stereocenters. The lowest BCUT2D eigenvalue weighted by Crippen LogP contribution is -2.31. The van der Waals surface area contributed by atoms with E-state index in [1.54, 1.807) is 12.1 Å². The van der Waals surface area contributed by atoms with E-state index in [1.807, 2.05) is 19.1 Å². The molecule has 0 radical (unpaired) electrons. The highest BCUT2D eigenvalue weighted by Gasteiger charge is 2.17. The van der Waals surface area contributed by atoms with E-state index in [9.17, 15) is 17.6 Å². The quantitative estimate of drug-likeness (QED) is 0.767. The summed E-state index contributed by atoms with van der Waals surface area (Å²) < 4.78 is 38.4. The fraction of sp³-hybridized carbons (Fsp3) is 0.278. The largest absolute Gasteiger partial charge is 0.326 e. The number of benzene rings is 2. The molecule has 0 saturated carbocycles. The fourth-order valence-corrected chi connectivity index (χ4v) is 3.52. The average molecular weight is 399 g/mol. The first-order chi connectivity index (χ1) is 12.2. The third-order valence-corrected chi connectivity index (χ3v) is 5.17. The minimum Gasteiger partial charge on any atom is -0.326 e. The normalized spacial score (nSPS) is 11.2. The molecule has 0 heterocycles. The van der Waals surface area contributed by atoms with E-state index in [-0.39, 0.29) is 23.9 Å². The van der Waals surface area contributed by atoms with Gasteiger partial charge in [0.15, 0.2) is 0 Å². The summed E-state index contributed by atoms with van der Waals surface area (Å²) in [5, 5.41) is 2.53. The standard InChI is InChI=1S/C18H20ClFN2O3S/c1-13-5-8-15(9-6-13)22(26(2,24)25)11-3-4-18(23)21-14-7-10-17(20)16(19)12-14/h5-10,12H,3-4,11H2,1-2H3,(H,21,23). The first kappa shape index (κ1) is 20.2. The van der Waals surface area contributed by atoms with E-state index >= 15 is 0 Å². The minimum atomic E-state index is -3.46. The van der Waals surface area contributed by atoms with Crippen LogP contribution in [0.1, 0.15) is 18.4 Å². The van der Waals surface area contributed by atoms with Crippen molar-refractivity contribution in [2.75, 3.05) is 22.4 Å². The second-order valence-electron chi connectivity index (χ2n) is 5.95. The van der Waals surface area contributed by atoms with Crippen molar-refractivity contribution in [2.45, 2.75) is 19.8 Å². The van der Waals surface area contributed by atoms with Gasteiger partial charge in [-0.3, -0.25) is 9.10 Å². The molecule has 0 fully saturated rings. The van der Waals surface area contributed by atoms with Crippen molar-refractivity contribution in [3.05, 3.63) is 58.9 Å². The zero-order chi connectivity index (χ0) is 19.3. The van der Waals surface area contributed by atoms with Crippen molar-refractivity contribution in [1.29, 1.82) is 0 Å². The van der Waals surface area contributed by atoms with Crippen LogP contribution in [0.3, 0.4) is 0 Å². The van der Waals surface area contributed by atoms with E-state index in [0.29, 0.717) is 17.8 Å². The number of rotatable bonds is 7. The fourth-order valence-electron chi connectivity index (χ4n) is 2.38. The molecule has 0 saturated heterocycles. The van der Waals surface area contributed by atoms with E-state index in [1.165, 1.54) is 22.5 Å². The van der Waals surface area contributed by atoms with Gasteiger partial charge >= 0.3 is 0 Å². The number of carbonyl (C=O) groups excluding carboxylic acids is 1. The predicted molar refractivity (Wildman–Crippen MR) is 103 cm³/mol. The molecule has 0 aliphatic carbocycles. The van der Waals surface area contributed by atoms with Gasteiger partial charge in [0.05, 0.1) is 17.0 Å². The molecule has 0 aromatic heterocycles. The average Bonchev–Trinajstić information content (AvgIpc) is 2.55. The Bertz CT molecular complexity index is 886. The van der Waals surface area contributed by atoms with Gasteiger partial charge in [0, 0.05) is 18.7 Å². The van der Waals surface area contributed by atoms with E-state index in [0.717, 1.165) is 11.8 Å². The van der Waals surface area contributed by atoms with Gasteiger partial charge in [-0.1, -0.05) is 29.3 Å². The van der Waals surface area contributed by atoms with Gasteiger partial charge in [-0.2, -0.15) is 0 Å². The molecule has 0 aliphatic rings. The molecule has 0 bridgehead atoms. The Labute approximate surface area is 157 Å². The van der Waals surface area contributed by atoms with E-state index in [2.05, 4.69) is 5.32 Å². The smallest absolute Gasteiger partial charge is 0.232 e. The summed E-state index contributed by atoms with van der Waals surface area (Å²) in [6.45, 7) is 2.10. The molecule has 26 heavy (non-hydrogen) atoms. The Kier molecular flexibility index (Phi) is 6.61. The number of hydrogen-bond acceptors (Lipinski definition) is 3. The van der Waals surface area contributed by atoms with Crippen molar-refractivity contribution in [3.8, 4) is 0 Å². The van der Waals surface area contributed by atoms with Gasteiger partial charge < -0.3 is 5.32 Å². The molecular weight excluding hydrogens is 379 g/mol. The molecule has 1 N–H and O–H groups in total. The van der Waals surface area contributed by atoms with Crippen LogP contribution in [0.15, 0.2) is 42.5 Å². The maximum absolute atomic E-state index is 13.1. The van der Waals surface area contributed by atoms with Crippen LogP contribution in [0, 0.1) is 12.7 Å². The molecule has 0 spiro atoms. The SMILES string of the molecule is Cc1ccc(N(CCCC(=O)Nc2ccc(F)c(Cl)c2)S(C)(=O)=O)cc1. The highest BCUT2D eigenvalue weighted by Crippen LogP contribution is 2.21. The number of sulfonamides is 1. The van der Waals surface area contributed by atoms with E-state index in [4.69, 9.17) is 11.6 Å². The van der Waals surface area contributed by atoms with Gasteiger partial charge in [-0.25, -0.2) is 12.8 Å². The monoisotopic (exact) mass is 398 g/mol. The number of carbonyl (C=O) groups is 1. The zero-order valence-corrected chi connectivity index (χ0v) is 16.1. The van der Waals surface area contributed by atoms with Crippen molar-refractivity contribution < 1.29 is 17.6 Å². The van der Waals surface area contributed by atoms with Crippen LogP contribution >= 0.6 is 11.6 Å². The van der Waals surface area contributed by atoms with Gasteiger partial charge in [0.25, 0.3) is 0 Å². The predicted octanol–water partition coefficient (Wildman–Crippen LogP) is 3.97. The Morgan fingerprint density at radius 3 is 2.42 bits per heavy atom. The summed E-state index contributed by atoms with van der Waals surface area (Å²) in [5.41, 5.74) is 1.98. The van der Waals surface area contributed by atoms with Crippen molar-refractivity contribution in [2.24, 2.45) is 0 Å². The zero-order valence-electron chi connectivity index (χ0n) is 14.5. The molecule has 2 rings (SSSR count). The number of aryl methyl sites for hydroxylation is 1. The highest BCUT2D eigenvalue weighted by molar-refractivity contribution is 7.92. The van der Waals surface area contributed by atoms with Crippen LogP contribution in [0.4, 0.5) is 15.8 Å². The summed E-state index contributed by atoms with van der Waals surface area (Å²) in [6, 6.07) is 11.0. The summed E-state index contributed by atoms with van der Waals surface area (Å²) in [7, 11) is -3.46. The third kappa shape index (κ3) is 5.71. The number of amides is 1. The van der Waals surface area contributed by atoms with Crippen LogP contribution in [-0.2, 0) is 14.8 Å². The molecule has 1 amide bonds. The maximum atomic E-state index is 13.1. The third-order valence-electron chi connectivity index (χ3n) is 3.69. The number of hydrogen-bond donors (Lipinski definition) is 1. The second-order valence-corrected chi connectivity index (χ2v) is 8.27. The summed E-state index contributed by atoms with van der Waals surface area (Å²) >= 11 is 5.67. The Morgan fingerprint density at radius 2 is 1.85 bits per heavy atom. The number of halogens is 2. The van der Waals surface area contributed by atoms with Crippen molar-refractivity contribution >= 4 is 38.9 Å². The van der Waals surface area contributed by atoms with Crippen LogP contribution in [0.5, 0.6) is 0 Å². The summed E-state index contributed by atoms with van der Waals surface area (Å²) in [6.07, 6.45) is 1.59. The lowest BCUT2D eigenvalue weighted by molar-refractivity contribution is -0.116. The maximum Gasteiger partial charge on any atom is 0.232 e. The Balaban J connectivity index is 1.95. The molecule has 0 aliphatic heterocycles. The lowest BCUT2D eigenvalue weighted by Gasteiger charge is -2.22. The molecule has 0 atom stereocenters. The highest BCUT2D eigenvalue weighted by atomic mass is 35.5. The van der Waals surface area contributed by atoms with Crippen molar-refractivity contribution in [1.82, 2.24) is 0 Å². The molecular formula is C18H20ClFN2O3S.